The molecular formula is C11H13N3O4. The SMILES string of the molecule is Cc1cc(CN2C(=O)NC(=O)C(C)(C)C2=O)on1. The number of urea groups is 1. The molecule has 1 aliphatic heterocycles. The summed E-state index contributed by atoms with van der Waals surface area (Å²) in [4.78, 5) is 36.2. The van der Waals surface area contributed by atoms with Crippen molar-refractivity contribution in [2.24, 2.45) is 5.41 Å². The Kier molecular flexibility index (Phi) is 2.68. The highest BCUT2D eigenvalue weighted by molar-refractivity contribution is 6.18. The van der Waals surface area contributed by atoms with Crippen molar-refractivity contribution < 1.29 is 18.9 Å². The molecule has 1 aliphatic rings. The van der Waals surface area contributed by atoms with Gasteiger partial charge in [-0.25, -0.2) is 4.79 Å². The van der Waals surface area contributed by atoms with Crippen LogP contribution in [-0.4, -0.2) is 27.9 Å². The van der Waals surface area contributed by atoms with E-state index in [1.165, 1.54) is 13.8 Å². The average Bonchev–Trinajstić information content (AvgIpc) is 2.68. The lowest BCUT2D eigenvalue weighted by Gasteiger charge is -2.33. The highest BCUT2D eigenvalue weighted by Gasteiger charge is 2.47. The van der Waals surface area contributed by atoms with E-state index in [-0.39, 0.29) is 6.54 Å². The Morgan fingerprint density at radius 3 is 2.61 bits per heavy atom. The third-order valence-corrected chi connectivity index (χ3v) is 2.80. The highest BCUT2D eigenvalue weighted by Crippen LogP contribution is 2.24. The van der Waals surface area contributed by atoms with Gasteiger partial charge in [0, 0.05) is 6.07 Å². The van der Waals surface area contributed by atoms with Gasteiger partial charge in [-0.3, -0.25) is 19.8 Å². The minimum absolute atomic E-state index is 0.0395. The van der Waals surface area contributed by atoms with Gasteiger partial charge in [0.1, 0.15) is 5.41 Å². The summed E-state index contributed by atoms with van der Waals surface area (Å²) in [6.45, 7) is 4.63. The number of rotatable bonds is 2. The van der Waals surface area contributed by atoms with Crippen LogP contribution in [0, 0.1) is 12.3 Å². The second-order valence-electron chi connectivity index (χ2n) is 4.71. The van der Waals surface area contributed by atoms with Crippen LogP contribution in [0.1, 0.15) is 25.3 Å². The zero-order valence-corrected chi connectivity index (χ0v) is 10.3. The van der Waals surface area contributed by atoms with Crippen molar-refractivity contribution in [1.29, 1.82) is 0 Å². The fourth-order valence-electron chi connectivity index (χ4n) is 1.64. The Labute approximate surface area is 103 Å². The van der Waals surface area contributed by atoms with E-state index in [2.05, 4.69) is 10.5 Å². The van der Waals surface area contributed by atoms with Crippen molar-refractivity contribution in [3.05, 3.63) is 17.5 Å². The summed E-state index contributed by atoms with van der Waals surface area (Å²) in [7, 11) is 0. The number of hydrogen-bond acceptors (Lipinski definition) is 5. The smallest absolute Gasteiger partial charge is 0.331 e. The molecule has 1 N–H and O–H groups in total. The fraction of sp³-hybridized carbons (Fsp3) is 0.455. The molecule has 0 spiro atoms. The second kappa shape index (κ2) is 3.94. The molecule has 7 heteroatoms. The van der Waals surface area contributed by atoms with Crippen molar-refractivity contribution in [3.63, 3.8) is 0 Å². The molecule has 2 heterocycles. The minimum atomic E-state index is -1.26. The Balaban J connectivity index is 2.24. The molecule has 1 fully saturated rings. The van der Waals surface area contributed by atoms with Crippen LogP contribution in [-0.2, 0) is 16.1 Å². The summed E-state index contributed by atoms with van der Waals surface area (Å²) in [6, 6.07) is 0.891. The summed E-state index contributed by atoms with van der Waals surface area (Å²) in [5, 5.41) is 5.81. The quantitative estimate of drug-likeness (QED) is 0.776. The largest absolute Gasteiger partial charge is 0.359 e. The van der Waals surface area contributed by atoms with Crippen LogP contribution in [0.3, 0.4) is 0 Å². The van der Waals surface area contributed by atoms with Crippen LogP contribution in [0.25, 0.3) is 0 Å². The van der Waals surface area contributed by atoms with Crippen molar-refractivity contribution >= 4 is 17.8 Å². The molecule has 0 unspecified atom stereocenters. The first-order valence-corrected chi connectivity index (χ1v) is 5.42. The van der Waals surface area contributed by atoms with Gasteiger partial charge in [0.25, 0.3) is 0 Å². The number of hydrogen-bond donors (Lipinski definition) is 1. The van der Waals surface area contributed by atoms with E-state index in [0.717, 1.165) is 4.90 Å². The van der Waals surface area contributed by atoms with Crippen LogP contribution in [0.5, 0.6) is 0 Å². The summed E-state index contributed by atoms with van der Waals surface area (Å²) in [5.41, 5.74) is -0.603. The number of nitrogens with zero attached hydrogens (tertiary/aromatic N) is 2. The van der Waals surface area contributed by atoms with Crippen LogP contribution in [0.4, 0.5) is 4.79 Å². The maximum atomic E-state index is 12.1. The first kappa shape index (κ1) is 12.3. The van der Waals surface area contributed by atoms with E-state index >= 15 is 0 Å². The van der Waals surface area contributed by atoms with Crippen LogP contribution >= 0.6 is 0 Å². The van der Waals surface area contributed by atoms with Gasteiger partial charge in [-0.15, -0.1) is 0 Å². The lowest BCUT2D eigenvalue weighted by molar-refractivity contribution is -0.149. The van der Waals surface area contributed by atoms with E-state index in [1.54, 1.807) is 13.0 Å². The normalized spacial score (nSPS) is 19.1. The van der Waals surface area contributed by atoms with Gasteiger partial charge in [0.2, 0.25) is 11.8 Å². The van der Waals surface area contributed by atoms with Gasteiger partial charge in [-0.1, -0.05) is 5.16 Å². The van der Waals surface area contributed by atoms with E-state index in [0.29, 0.717) is 11.5 Å². The van der Waals surface area contributed by atoms with Gasteiger partial charge >= 0.3 is 6.03 Å². The van der Waals surface area contributed by atoms with Crippen molar-refractivity contribution in [2.45, 2.75) is 27.3 Å². The van der Waals surface area contributed by atoms with Crippen molar-refractivity contribution in [2.75, 3.05) is 0 Å². The molecule has 1 aromatic rings. The first-order valence-electron chi connectivity index (χ1n) is 5.42. The Bertz CT molecular complexity index is 532. The molecule has 1 saturated heterocycles. The molecule has 18 heavy (non-hydrogen) atoms. The third-order valence-electron chi connectivity index (χ3n) is 2.80. The van der Waals surface area contributed by atoms with Gasteiger partial charge in [0.15, 0.2) is 5.76 Å². The molecule has 2 rings (SSSR count). The molecule has 0 aliphatic carbocycles. The molecule has 0 atom stereocenters. The highest BCUT2D eigenvalue weighted by atomic mass is 16.5. The molecule has 0 radical (unpaired) electrons. The Morgan fingerprint density at radius 1 is 1.39 bits per heavy atom. The van der Waals surface area contributed by atoms with E-state index in [4.69, 9.17) is 4.52 Å². The maximum absolute atomic E-state index is 12.1. The third kappa shape index (κ3) is 1.87. The maximum Gasteiger partial charge on any atom is 0.331 e. The van der Waals surface area contributed by atoms with Crippen LogP contribution in [0.15, 0.2) is 10.6 Å². The summed E-state index contributed by atoms with van der Waals surface area (Å²) in [5.74, 6) is -0.756. The van der Waals surface area contributed by atoms with Gasteiger partial charge in [0.05, 0.1) is 12.2 Å². The molecule has 0 saturated carbocycles. The number of barbiturate groups is 1. The summed E-state index contributed by atoms with van der Waals surface area (Å²) >= 11 is 0. The Morgan fingerprint density at radius 2 is 2.06 bits per heavy atom. The predicted molar refractivity (Wildman–Crippen MR) is 59.1 cm³/mol. The topological polar surface area (TPSA) is 92.5 Å². The lowest BCUT2D eigenvalue weighted by Crippen LogP contribution is -2.61. The molecule has 0 aromatic carbocycles. The van der Waals surface area contributed by atoms with Crippen LogP contribution in [0.2, 0.25) is 0 Å². The van der Waals surface area contributed by atoms with E-state index < -0.39 is 23.3 Å². The lowest BCUT2D eigenvalue weighted by atomic mass is 9.89. The number of aryl methyl sites for hydroxylation is 1. The molecule has 0 bridgehead atoms. The summed E-state index contributed by atoms with van der Waals surface area (Å²) in [6.07, 6.45) is 0. The second-order valence-corrected chi connectivity index (χ2v) is 4.71. The van der Waals surface area contributed by atoms with Crippen molar-refractivity contribution in [1.82, 2.24) is 15.4 Å². The number of nitrogens with one attached hydrogen (secondary N) is 1. The van der Waals surface area contributed by atoms with Crippen LogP contribution < -0.4 is 5.32 Å². The zero-order valence-electron chi connectivity index (χ0n) is 10.3. The van der Waals surface area contributed by atoms with Gasteiger partial charge in [-0.2, -0.15) is 0 Å². The van der Waals surface area contributed by atoms with Gasteiger partial charge < -0.3 is 4.52 Å². The molecule has 4 amide bonds. The standard InChI is InChI=1S/C11H13N3O4/c1-6-4-7(18-13-6)5-14-9(16)11(2,3)8(15)12-10(14)17/h4H,5H2,1-3H3,(H,12,15,17). The van der Waals surface area contributed by atoms with Crippen molar-refractivity contribution in [3.8, 4) is 0 Å². The average molecular weight is 251 g/mol. The molecular weight excluding hydrogens is 238 g/mol. The van der Waals surface area contributed by atoms with E-state index in [9.17, 15) is 14.4 Å². The number of imide groups is 2. The molecule has 7 nitrogen and oxygen atoms in total. The number of carbonyl (C=O) groups excluding carboxylic acids is 3. The first-order chi connectivity index (χ1) is 8.32. The summed E-state index contributed by atoms with van der Waals surface area (Å²) < 4.78 is 4.95. The molecule has 96 valence electrons. The molecule has 1 aromatic heterocycles. The zero-order chi connectivity index (χ0) is 13.5. The number of aromatic nitrogens is 1. The number of carbonyl (C=O) groups is 3. The minimum Gasteiger partial charge on any atom is -0.359 e. The predicted octanol–water partition coefficient (Wildman–Crippen LogP) is 0.588. The fourth-order valence-corrected chi connectivity index (χ4v) is 1.64. The van der Waals surface area contributed by atoms with E-state index in [1.807, 2.05) is 0 Å². The Hall–Kier alpha value is -2.18. The monoisotopic (exact) mass is 251 g/mol. The number of amides is 4. The van der Waals surface area contributed by atoms with Gasteiger partial charge in [-0.05, 0) is 20.8 Å².